The highest BCUT2D eigenvalue weighted by Gasteiger charge is 2.26. The van der Waals surface area contributed by atoms with Crippen molar-refractivity contribution >= 4 is 23.4 Å². The first kappa shape index (κ1) is 15.4. The standard InChI is InChI=1S/C13H15NO6S/c1-8(21-4-3-18-9(2)15)10-5-12-13(20-7-19-12)6-11(10)14(16)17/h5-6,8H,3-4,7H2,1-2H3. The highest BCUT2D eigenvalue weighted by molar-refractivity contribution is 7.99. The van der Waals surface area contributed by atoms with Crippen LogP contribution in [0.3, 0.4) is 0 Å². The van der Waals surface area contributed by atoms with Gasteiger partial charge < -0.3 is 14.2 Å². The van der Waals surface area contributed by atoms with E-state index in [0.717, 1.165) is 0 Å². The van der Waals surface area contributed by atoms with Gasteiger partial charge in [-0.3, -0.25) is 14.9 Å². The lowest BCUT2D eigenvalue weighted by Crippen LogP contribution is -2.04. The number of rotatable bonds is 6. The number of thioether (sulfide) groups is 1. The van der Waals surface area contributed by atoms with Gasteiger partial charge in [0.25, 0.3) is 5.69 Å². The lowest BCUT2D eigenvalue weighted by atomic mass is 10.1. The Morgan fingerprint density at radius 1 is 1.48 bits per heavy atom. The summed E-state index contributed by atoms with van der Waals surface area (Å²) in [5.74, 6) is 1.13. The number of ether oxygens (including phenoxy) is 3. The molecule has 0 aromatic heterocycles. The Balaban J connectivity index is 2.10. The molecule has 21 heavy (non-hydrogen) atoms. The molecule has 1 aliphatic heterocycles. The van der Waals surface area contributed by atoms with Gasteiger partial charge in [0.2, 0.25) is 6.79 Å². The molecule has 0 radical (unpaired) electrons. The minimum Gasteiger partial charge on any atom is -0.465 e. The Bertz CT molecular complexity index is 562. The van der Waals surface area contributed by atoms with E-state index in [1.807, 2.05) is 6.92 Å². The van der Waals surface area contributed by atoms with E-state index >= 15 is 0 Å². The number of nitrogens with zero attached hydrogens (tertiary/aromatic N) is 1. The molecule has 7 nitrogen and oxygen atoms in total. The molecular formula is C13H15NO6S. The minimum absolute atomic E-state index is 0.00624. The van der Waals surface area contributed by atoms with E-state index in [4.69, 9.17) is 14.2 Å². The smallest absolute Gasteiger partial charge is 0.302 e. The molecule has 1 heterocycles. The van der Waals surface area contributed by atoms with Gasteiger partial charge in [0.1, 0.15) is 6.61 Å². The van der Waals surface area contributed by atoms with Gasteiger partial charge in [0.05, 0.1) is 11.0 Å². The molecule has 1 aromatic rings. The molecule has 114 valence electrons. The van der Waals surface area contributed by atoms with Gasteiger partial charge in [0.15, 0.2) is 11.5 Å². The lowest BCUT2D eigenvalue weighted by molar-refractivity contribution is -0.385. The molecule has 1 unspecified atom stereocenters. The van der Waals surface area contributed by atoms with Crippen molar-refractivity contribution in [3.8, 4) is 11.5 Å². The zero-order valence-electron chi connectivity index (χ0n) is 11.7. The molecule has 1 atom stereocenters. The predicted octanol–water partition coefficient (Wildman–Crippen LogP) is 2.68. The summed E-state index contributed by atoms with van der Waals surface area (Å²) in [6, 6.07) is 3.03. The van der Waals surface area contributed by atoms with Crippen LogP contribution in [0.5, 0.6) is 11.5 Å². The number of hydrogen-bond acceptors (Lipinski definition) is 7. The van der Waals surface area contributed by atoms with Gasteiger partial charge in [-0.25, -0.2) is 0 Å². The van der Waals surface area contributed by atoms with Crippen molar-refractivity contribution in [3.05, 3.63) is 27.8 Å². The molecule has 2 rings (SSSR count). The fourth-order valence-corrected chi connectivity index (χ4v) is 2.83. The van der Waals surface area contributed by atoms with Gasteiger partial charge in [-0.15, -0.1) is 0 Å². The SMILES string of the molecule is CC(=O)OCCSC(C)c1cc2c(cc1[N+](=O)[O-])OCO2. The van der Waals surface area contributed by atoms with Crippen molar-refractivity contribution in [1.82, 2.24) is 0 Å². The Morgan fingerprint density at radius 2 is 2.14 bits per heavy atom. The monoisotopic (exact) mass is 313 g/mol. The van der Waals surface area contributed by atoms with Crippen LogP contribution in [0.15, 0.2) is 12.1 Å². The molecule has 8 heteroatoms. The van der Waals surface area contributed by atoms with Crippen LogP contribution in [0.25, 0.3) is 0 Å². The first-order valence-corrected chi connectivity index (χ1v) is 7.37. The van der Waals surface area contributed by atoms with Crippen LogP contribution >= 0.6 is 11.8 Å². The van der Waals surface area contributed by atoms with Crippen LogP contribution in [0.2, 0.25) is 0 Å². The van der Waals surface area contributed by atoms with E-state index in [9.17, 15) is 14.9 Å². The summed E-state index contributed by atoms with van der Waals surface area (Å²) in [7, 11) is 0. The molecule has 0 spiro atoms. The molecule has 0 N–H and O–H groups in total. The van der Waals surface area contributed by atoms with Crippen molar-refractivity contribution in [3.63, 3.8) is 0 Å². The minimum atomic E-state index is -0.430. The molecule has 1 aliphatic rings. The Hall–Kier alpha value is -1.96. The van der Waals surface area contributed by atoms with Crippen LogP contribution in [-0.2, 0) is 9.53 Å². The van der Waals surface area contributed by atoms with Crippen molar-refractivity contribution < 1.29 is 23.9 Å². The number of nitro groups is 1. The fourth-order valence-electron chi connectivity index (χ4n) is 1.93. The lowest BCUT2D eigenvalue weighted by Gasteiger charge is -2.12. The predicted molar refractivity (Wildman–Crippen MR) is 76.7 cm³/mol. The number of hydrogen-bond donors (Lipinski definition) is 0. The van der Waals surface area contributed by atoms with Crippen molar-refractivity contribution in [2.24, 2.45) is 0 Å². The summed E-state index contributed by atoms with van der Waals surface area (Å²) >= 11 is 1.47. The number of esters is 1. The molecule has 0 bridgehead atoms. The summed E-state index contributed by atoms with van der Waals surface area (Å²) in [4.78, 5) is 21.4. The summed E-state index contributed by atoms with van der Waals surface area (Å²) in [6.45, 7) is 3.56. The van der Waals surface area contributed by atoms with Gasteiger partial charge in [-0.2, -0.15) is 11.8 Å². The molecule has 0 saturated heterocycles. The third kappa shape index (κ3) is 3.78. The topological polar surface area (TPSA) is 87.9 Å². The molecule has 0 fully saturated rings. The maximum Gasteiger partial charge on any atom is 0.302 e. The van der Waals surface area contributed by atoms with Gasteiger partial charge in [-0.05, 0) is 13.0 Å². The highest BCUT2D eigenvalue weighted by Crippen LogP contribution is 2.43. The average molecular weight is 313 g/mol. The number of fused-ring (bicyclic) bond motifs is 1. The van der Waals surface area contributed by atoms with Crippen LogP contribution < -0.4 is 9.47 Å². The van der Waals surface area contributed by atoms with Gasteiger partial charge in [0, 0.05) is 23.5 Å². The van der Waals surface area contributed by atoms with Crippen molar-refractivity contribution in [2.75, 3.05) is 19.2 Å². The van der Waals surface area contributed by atoms with E-state index in [1.165, 1.54) is 24.8 Å². The maximum absolute atomic E-state index is 11.2. The maximum atomic E-state index is 11.2. The Kier molecular flexibility index (Phi) is 4.89. The normalized spacial score (nSPS) is 13.8. The summed E-state index contributed by atoms with van der Waals surface area (Å²) in [5, 5.41) is 11.0. The number of carbonyl (C=O) groups is 1. The molecule has 0 aliphatic carbocycles. The number of carbonyl (C=O) groups excluding carboxylic acids is 1. The average Bonchev–Trinajstić information content (AvgIpc) is 2.88. The van der Waals surface area contributed by atoms with Crippen LogP contribution in [0.4, 0.5) is 5.69 Å². The summed E-state index contributed by atoms with van der Waals surface area (Å²) in [5.41, 5.74) is 0.573. The fraction of sp³-hybridized carbons (Fsp3) is 0.462. The molecule has 0 saturated carbocycles. The van der Waals surface area contributed by atoms with Crippen LogP contribution in [0.1, 0.15) is 24.7 Å². The summed E-state index contributed by atoms with van der Waals surface area (Å²) < 4.78 is 15.3. The second kappa shape index (κ2) is 6.66. The number of benzene rings is 1. The van der Waals surface area contributed by atoms with E-state index in [1.54, 1.807) is 6.07 Å². The Morgan fingerprint density at radius 3 is 2.76 bits per heavy atom. The summed E-state index contributed by atoms with van der Waals surface area (Å²) in [6.07, 6.45) is 0. The first-order valence-electron chi connectivity index (χ1n) is 6.32. The third-order valence-corrected chi connectivity index (χ3v) is 4.07. The van der Waals surface area contributed by atoms with E-state index in [0.29, 0.717) is 22.8 Å². The number of nitro benzene ring substituents is 1. The van der Waals surface area contributed by atoms with Crippen molar-refractivity contribution in [2.45, 2.75) is 19.1 Å². The Labute approximate surface area is 125 Å². The second-order valence-electron chi connectivity index (χ2n) is 4.37. The van der Waals surface area contributed by atoms with Crippen molar-refractivity contribution in [1.29, 1.82) is 0 Å². The first-order chi connectivity index (χ1) is 9.99. The van der Waals surface area contributed by atoms with E-state index in [-0.39, 0.29) is 30.3 Å². The quantitative estimate of drug-likeness (QED) is 0.345. The zero-order valence-corrected chi connectivity index (χ0v) is 12.5. The molecule has 0 amide bonds. The van der Waals surface area contributed by atoms with Gasteiger partial charge in [-0.1, -0.05) is 0 Å². The van der Waals surface area contributed by atoms with E-state index in [2.05, 4.69) is 0 Å². The van der Waals surface area contributed by atoms with Crippen LogP contribution in [-0.4, -0.2) is 30.0 Å². The second-order valence-corrected chi connectivity index (χ2v) is 5.82. The van der Waals surface area contributed by atoms with Crippen LogP contribution in [0, 0.1) is 10.1 Å². The van der Waals surface area contributed by atoms with E-state index < -0.39 is 4.92 Å². The molecular weight excluding hydrogens is 298 g/mol. The largest absolute Gasteiger partial charge is 0.465 e. The molecule has 1 aromatic carbocycles. The highest BCUT2D eigenvalue weighted by atomic mass is 32.2. The zero-order chi connectivity index (χ0) is 15.4. The third-order valence-electron chi connectivity index (χ3n) is 2.91. The van der Waals surface area contributed by atoms with Gasteiger partial charge >= 0.3 is 5.97 Å².